The normalized spacial score (nSPS) is 12.1. The Balaban J connectivity index is 1.78. The summed E-state index contributed by atoms with van der Waals surface area (Å²) in [6.45, 7) is 1.63. The van der Waals surface area contributed by atoms with Crippen LogP contribution in [-0.4, -0.2) is 15.9 Å². The quantitative estimate of drug-likeness (QED) is 0.548. The van der Waals surface area contributed by atoms with Gasteiger partial charge < -0.3 is 14.7 Å². The molecule has 4 rings (SSSR count). The van der Waals surface area contributed by atoms with E-state index >= 15 is 0 Å². The molecule has 6 nitrogen and oxygen atoms in total. The Morgan fingerprint density at radius 1 is 1.11 bits per heavy atom. The molecule has 140 valence electrons. The van der Waals surface area contributed by atoms with Crippen LogP contribution in [0.25, 0.3) is 11.1 Å². The number of carbonyl (C=O) groups is 1. The van der Waals surface area contributed by atoms with Crippen LogP contribution >= 0.6 is 11.6 Å². The molecule has 1 amide bonds. The van der Waals surface area contributed by atoms with Crippen molar-refractivity contribution in [2.75, 3.05) is 0 Å². The number of amides is 1. The summed E-state index contributed by atoms with van der Waals surface area (Å²) >= 11 is 6.01. The number of aromatic amines is 1. The summed E-state index contributed by atoms with van der Waals surface area (Å²) in [7, 11) is 0. The summed E-state index contributed by atoms with van der Waals surface area (Å²) in [5.41, 5.74) is 1.65. The van der Waals surface area contributed by atoms with Gasteiger partial charge in [-0.05, 0) is 30.2 Å². The predicted molar refractivity (Wildman–Crippen MR) is 107 cm³/mol. The number of nitrogens with one attached hydrogen (secondary N) is 2. The molecule has 0 spiro atoms. The molecule has 0 saturated heterocycles. The zero-order valence-electron chi connectivity index (χ0n) is 14.9. The molecule has 0 bridgehead atoms. The van der Waals surface area contributed by atoms with E-state index in [0.29, 0.717) is 10.8 Å². The van der Waals surface area contributed by atoms with Crippen molar-refractivity contribution in [1.29, 1.82) is 0 Å². The second kappa shape index (κ2) is 7.32. The van der Waals surface area contributed by atoms with E-state index in [1.54, 1.807) is 19.1 Å². The lowest BCUT2D eigenvalue weighted by atomic mass is 9.98. The molecule has 28 heavy (non-hydrogen) atoms. The minimum atomic E-state index is -0.425. The van der Waals surface area contributed by atoms with Gasteiger partial charge in [0.25, 0.3) is 11.5 Å². The fourth-order valence-corrected chi connectivity index (χ4v) is 3.32. The van der Waals surface area contributed by atoms with Gasteiger partial charge in [0.05, 0.1) is 17.9 Å². The predicted octanol–water partition coefficient (Wildman–Crippen LogP) is 4.00. The second-order valence-electron chi connectivity index (χ2n) is 6.31. The molecule has 1 atom stereocenters. The number of benzene rings is 2. The summed E-state index contributed by atoms with van der Waals surface area (Å²) in [5, 5.41) is 3.76. The van der Waals surface area contributed by atoms with Crippen molar-refractivity contribution < 1.29 is 9.21 Å². The Bertz CT molecular complexity index is 1200. The van der Waals surface area contributed by atoms with Crippen LogP contribution in [-0.2, 0) is 0 Å². The van der Waals surface area contributed by atoms with Crippen LogP contribution in [0.4, 0.5) is 0 Å². The van der Waals surface area contributed by atoms with Crippen LogP contribution in [0.15, 0.2) is 70.1 Å². The molecule has 2 N–H and O–H groups in total. The van der Waals surface area contributed by atoms with Gasteiger partial charge in [0, 0.05) is 5.02 Å². The van der Waals surface area contributed by atoms with Gasteiger partial charge in [0.2, 0.25) is 5.71 Å². The molecule has 2 aromatic carbocycles. The van der Waals surface area contributed by atoms with Crippen molar-refractivity contribution in [3.63, 3.8) is 0 Å². The van der Waals surface area contributed by atoms with E-state index in [2.05, 4.69) is 15.3 Å². The van der Waals surface area contributed by atoms with E-state index in [1.165, 1.54) is 6.33 Å². The SMILES string of the molecule is Cc1oc2nc[nH]c(=O)c2c1C(=O)N[C@@H](c1ccccc1)c1ccc(Cl)cc1. The highest BCUT2D eigenvalue weighted by atomic mass is 35.5. The van der Waals surface area contributed by atoms with Crippen LogP contribution in [0.2, 0.25) is 5.02 Å². The van der Waals surface area contributed by atoms with Crippen LogP contribution in [0.3, 0.4) is 0 Å². The minimum Gasteiger partial charge on any atom is -0.442 e. The number of hydrogen-bond acceptors (Lipinski definition) is 4. The van der Waals surface area contributed by atoms with Gasteiger partial charge in [-0.2, -0.15) is 0 Å². The average molecular weight is 394 g/mol. The molecular formula is C21H16ClN3O3. The molecule has 0 aliphatic rings. The minimum absolute atomic E-state index is 0.133. The number of H-pyrrole nitrogens is 1. The van der Waals surface area contributed by atoms with E-state index in [9.17, 15) is 9.59 Å². The maximum absolute atomic E-state index is 13.1. The van der Waals surface area contributed by atoms with Crippen molar-refractivity contribution in [1.82, 2.24) is 15.3 Å². The molecular weight excluding hydrogens is 378 g/mol. The molecule has 2 aromatic heterocycles. The standard InChI is InChI=1S/C21H16ClN3O3/c1-12-16(17-19(26)23-11-24-21(17)28-12)20(27)25-18(13-5-3-2-4-6-13)14-7-9-15(22)10-8-14/h2-11,18H,1H3,(H,25,27)(H,23,24,26)/t18-/m0/s1. The second-order valence-corrected chi connectivity index (χ2v) is 6.75. The molecule has 0 fully saturated rings. The first-order chi connectivity index (χ1) is 13.5. The third kappa shape index (κ3) is 3.30. The lowest BCUT2D eigenvalue weighted by Gasteiger charge is -2.20. The fourth-order valence-electron chi connectivity index (χ4n) is 3.19. The molecule has 2 heterocycles. The van der Waals surface area contributed by atoms with E-state index in [0.717, 1.165) is 11.1 Å². The number of furan rings is 1. The Kier molecular flexibility index (Phi) is 4.71. The van der Waals surface area contributed by atoms with Crippen molar-refractivity contribution >= 4 is 28.6 Å². The van der Waals surface area contributed by atoms with E-state index in [1.807, 2.05) is 42.5 Å². The summed E-state index contributed by atoms with van der Waals surface area (Å²) in [4.78, 5) is 31.8. The van der Waals surface area contributed by atoms with Crippen LogP contribution in [0.5, 0.6) is 0 Å². The maximum atomic E-state index is 13.1. The van der Waals surface area contributed by atoms with E-state index in [4.69, 9.17) is 16.0 Å². The summed E-state index contributed by atoms with van der Waals surface area (Å²) in [6.07, 6.45) is 1.25. The lowest BCUT2D eigenvalue weighted by molar-refractivity contribution is 0.0943. The summed E-state index contributed by atoms with van der Waals surface area (Å²) in [6, 6.07) is 16.4. The van der Waals surface area contributed by atoms with Gasteiger partial charge in [-0.3, -0.25) is 9.59 Å². The first kappa shape index (κ1) is 18.0. The first-order valence-corrected chi connectivity index (χ1v) is 9.00. The van der Waals surface area contributed by atoms with Crippen LogP contribution in [0, 0.1) is 6.92 Å². The van der Waals surface area contributed by atoms with Crippen molar-refractivity contribution in [2.45, 2.75) is 13.0 Å². The maximum Gasteiger partial charge on any atom is 0.262 e. The Labute approximate surface area is 165 Å². The molecule has 0 aliphatic heterocycles. The highest BCUT2D eigenvalue weighted by molar-refractivity contribution is 6.30. The highest BCUT2D eigenvalue weighted by Gasteiger charge is 2.25. The monoisotopic (exact) mass is 393 g/mol. The van der Waals surface area contributed by atoms with E-state index in [-0.39, 0.29) is 16.7 Å². The van der Waals surface area contributed by atoms with Gasteiger partial charge in [-0.15, -0.1) is 0 Å². The number of aryl methyl sites for hydroxylation is 1. The molecule has 7 heteroatoms. The Morgan fingerprint density at radius 2 is 1.79 bits per heavy atom. The molecule has 0 saturated carbocycles. The largest absolute Gasteiger partial charge is 0.442 e. The Morgan fingerprint density at radius 3 is 2.50 bits per heavy atom. The van der Waals surface area contributed by atoms with Crippen molar-refractivity contribution in [3.05, 3.63) is 98.8 Å². The summed E-state index contributed by atoms with van der Waals surface area (Å²) in [5.74, 6) is -0.0850. The molecule has 0 radical (unpaired) electrons. The zero-order chi connectivity index (χ0) is 19.7. The highest BCUT2D eigenvalue weighted by Crippen LogP contribution is 2.26. The van der Waals surface area contributed by atoms with Crippen molar-refractivity contribution in [2.24, 2.45) is 0 Å². The van der Waals surface area contributed by atoms with Crippen LogP contribution < -0.4 is 10.9 Å². The van der Waals surface area contributed by atoms with Gasteiger partial charge in [0.15, 0.2) is 0 Å². The van der Waals surface area contributed by atoms with E-state index < -0.39 is 17.5 Å². The lowest BCUT2D eigenvalue weighted by Crippen LogP contribution is -2.30. The number of fused-ring (bicyclic) bond motifs is 1. The molecule has 4 aromatic rings. The van der Waals surface area contributed by atoms with Gasteiger partial charge >= 0.3 is 0 Å². The fraction of sp³-hybridized carbons (Fsp3) is 0.0952. The zero-order valence-corrected chi connectivity index (χ0v) is 15.7. The number of carbonyl (C=O) groups excluding carboxylic acids is 1. The van der Waals surface area contributed by atoms with Gasteiger partial charge in [0.1, 0.15) is 11.1 Å². The summed E-state index contributed by atoms with van der Waals surface area (Å²) < 4.78 is 5.50. The topological polar surface area (TPSA) is 88.0 Å². The molecule has 0 unspecified atom stereocenters. The van der Waals surface area contributed by atoms with Gasteiger partial charge in [-0.1, -0.05) is 54.1 Å². The number of halogens is 1. The van der Waals surface area contributed by atoms with Gasteiger partial charge in [-0.25, -0.2) is 4.98 Å². The number of rotatable bonds is 4. The number of hydrogen-bond donors (Lipinski definition) is 2. The molecule has 0 aliphatic carbocycles. The van der Waals surface area contributed by atoms with Crippen LogP contribution in [0.1, 0.15) is 33.3 Å². The smallest absolute Gasteiger partial charge is 0.262 e. The third-order valence-electron chi connectivity index (χ3n) is 4.51. The average Bonchev–Trinajstić information content (AvgIpc) is 3.05. The third-order valence-corrected chi connectivity index (χ3v) is 4.76. The number of nitrogens with zero attached hydrogens (tertiary/aromatic N) is 1. The Hall–Kier alpha value is -3.38. The van der Waals surface area contributed by atoms with Crippen molar-refractivity contribution in [3.8, 4) is 0 Å². The first-order valence-electron chi connectivity index (χ1n) is 8.62. The number of aromatic nitrogens is 2.